The summed E-state index contributed by atoms with van der Waals surface area (Å²) in [6.07, 6.45) is 1.84. The fraction of sp³-hybridized carbons (Fsp3) is 0.185. The van der Waals surface area contributed by atoms with Crippen LogP contribution in [-0.4, -0.2) is 14.7 Å². The van der Waals surface area contributed by atoms with Crippen LogP contribution in [0.5, 0.6) is 0 Å². The Bertz CT molecular complexity index is 1310. The molecular weight excluding hydrogens is 448 g/mol. The molecule has 1 aliphatic heterocycles. The number of thiocarbonyl (C=S) groups is 1. The Morgan fingerprint density at radius 2 is 1.70 bits per heavy atom. The molecule has 166 valence electrons. The highest BCUT2D eigenvalue weighted by Gasteiger charge is 2.42. The maximum absolute atomic E-state index is 6.14. The van der Waals surface area contributed by atoms with Crippen molar-refractivity contribution in [3.63, 3.8) is 0 Å². The smallest absolute Gasteiger partial charge is 0.174 e. The molecule has 1 N–H and O–H groups in total. The molecule has 33 heavy (non-hydrogen) atoms. The fourth-order valence-electron chi connectivity index (χ4n) is 4.80. The molecule has 2 atom stereocenters. The SMILES string of the molecule is Cc1cccc(N2C(=S)N[C@@H](c3ccccn3)[C@@H]2c2cc(C)n(-c3ccc(Cl)cc3)c2C)c1. The molecule has 0 aliphatic carbocycles. The lowest BCUT2D eigenvalue weighted by atomic mass is 9.96. The van der Waals surface area contributed by atoms with E-state index >= 15 is 0 Å². The van der Waals surface area contributed by atoms with Crippen molar-refractivity contribution in [3.8, 4) is 5.69 Å². The van der Waals surface area contributed by atoms with Crippen LogP contribution < -0.4 is 10.2 Å². The summed E-state index contributed by atoms with van der Waals surface area (Å²) in [5.41, 5.74) is 7.87. The number of benzene rings is 2. The lowest BCUT2D eigenvalue weighted by molar-refractivity contribution is 0.565. The van der Waals surface area contributed by atoms with Crippen LogP contribution in [-0.2, 0) is 0 Å². The van der Waals surface area contributed by atoms with Crippen LogP contribution in [0.3, 0.4) is 0 Å². The third-order valence-electron chi connectivity index (χ3n) is 6.25. The summed E-state index contributed by atoms with van der Waals surface area (Å²) in [5.74, 6) is 0. The summed E-state index contributed by atoms with van der Waals surface area (Å²) >= 11 is 12.0. The Kier molecular flexibility index (Phi) is 5.69. The summed E-state index contributed by atoms with van der Waals surface area (Å²) in [6.45, 7) is 6.41. The van der Waals surface area contributed by atoms with E-state index in [2.05, 4.69) is 89.1 Å². The van der Waals surface area contributed by atoms with Gasteiger partial charge < -0.3 is 14.8 Å². The van der Waals surface area contributed by atoms with Crippen LogP contribution in [0, 0.1) is 20.8 Å². The molecule has 0 spiro atoms. The molecule has 0 amide bonds. The van der Waals surface area contributed by atoms with Crippen molar-refractivity contribution in [2.45, 2.75) is 32.9 Å². The van der Waals surface area contributed by atoms with E-state index in [4.69, 9.17) is 23.8 Å². The van der Waals surface area contributed by atoms with Crippen molar-refractivity contribution in [1.29, 1.82) is 0 Å². The van der Waals surface area contributed by atoms with Crippen LogP contribution in [0.4, 0.5) is 5.69 Å². The van der Waals surface area contributed by atoms with Crippen molar-refractivity contribution in [2.75, 3.05) is 4.90 Å². The first-order valence-electron chi connectivity index (χ1n) is 11.0. The van der Waals surface area contributed by atoms with Gasteiger partial charge in [0, 0.05) is 34.0 Å². The van der Waals surface area contributed by atoms with Gasteiger partial charge in [0.25, 0.3) is 0 Å². The number of aromatic nitrogens is 2. The minimum Gasteiger partial charge on any atom is -0.351 e. The highest BCUT2D eigenvalue weighted by Crippen LogP contribution is 2.43. The highest BCUT2D eigenvalue weighted by atomic mass is 35.5. The number of nitrogens with one attached hydrogen (secondary N) is 1. The van der Waals surface area contributed by atoms with Gasteiger partial charge in [-0.2, -0.15) is 0 Å². The van der Waals surface area contributed by atoms with E-state index in [1.165, 1.54) is 16.8 Å². The Balaban J connectivity index is 1.68. The second kappa shape index (κ2) is 8.65. The molecule has 0 unspecified atom stereocenters. The maximum atomic E-state index is 6.14. The summed E-state index contributed by atoms with van der Waals surface area (Å²) in [5, 5.41) is 4.99. The summed E-state index contributed by atoms with van der Waals surface area (Å²) < 4.78 is 2.27. The molecule has 1 fully saturated rings. The van der Waals surface area contributed by atoms with E-state index in [9.17, 15) is 0 Å². The highest BCUT2D eigenvalue weighted by molar-refractivity contribution is 7.80. The van der Waals surface area contributed by atoms with Crippen molar-refractivity contribution in [3.05, 3.63) is 112 Å². The first kappa shape index (κ1) is 21.7. The zero-order chi connectivity index (χ0) is 23.1. The molecule has 1 aliphatic rings. The number of halogens is 1. The molecule has 3 heterocycles. The molecule has 2 aromatic carbocycles. The van der Waals surface area contributed by atoms with E-state index < -0.39 is 0 Å². The van der Waals surface area contributed by atoms with E-state index in [0.29, 0.717) is 5.11 Å². The number of aryl methyl sites for hydroxylation is 2. The van der Waals surface area contributed by atoms with Gasteiger partial charge in [0.15, 0.2) is 5.11 Å². The lowest BCUT2D eigenvalue weighted by Crippen LogP contribution is -2.29. The molecule has 6 heteroatoms. The minimum atomic E-state index is -0.0709. The first-order valence-corrected chi connectivity index (χ1v) is 11.7. The summed E-state index contributed by atoms with van der Waals surface area (Å²) in [4.78, 5) is 6.90. The Labute approximate surface area is 204 Å². The van der Waals surface area contributed by atoms with Crippen molar-refractivity contribution in [1.82, 2.24) is 14.9 Å². The second-order valence-electron chi connectivity index (χ2n) is 8.47. The average molecular weight is 473 g/mol. The van der Waals surface area contributed by atoms with E-state index in [0.717, 1.165) is 27.8 Å². The van der Waals surface area contributed by atoms with E-state index in [1.54, 1.807) is 0 Å². The molecule has 5 rings (SSSR count). The number of hydrogen-bond donors (Lipinski definition) is 1. The number of pyridine rings is 1. The van der Waals surface area contributed by atoms with Crippen molar-refractivity contribution >= 4 is 34.6 Å². The molecule has 0 radical (unpaired) electrons. The van der Waals surface area contributed by atoms with E-state index in [-0.39, 0.29) is 12.1 Å². The fourth-order valence-corrected chi connectivity index (χ4v) is 5.27. The third-order valence-corrected chi connectivity index (χ3v) is 6.82. The summed E-state index contributed by atoms with van der Waals surface area (Å²) in [7, 11) is 0. The second-order valence-corrected chi connectivity index (χ2v) is 9.30. The molecule has 4 nitrogen and oxygen atoms in total. The predicted molar refractivity (Wildman–Crippen MR) is 139 cm³/mol. The van der Waals surface area contributed by atoms with Gasteiger partial charge in [0.1, 0.15) is 0 Å². The first-order chi connectivity index (χ1) is 15.9. The molecule has 0 bridgehead atoms. The van der Waals surface area contributed by atoms with Crippen molar-refractivity contribution < 1.29 is 0 Å². The number of nitrogens with zero attached hydrogens (tertiary/aromatic N) is 3. The number of rotatable bonds is 4. The topological polar surface area (TPSA) is 33.1 Å². The van der Waals surface area contributed by atoms with Gasteiger partial charge in [0.2, 0.25) is 0 Å². The van der Waals surface area contributed by atoms with Crippen LogP contribution in [0.1, 0.15) is 40.3 Å². The third kappa shape index (κ3) is 3.92. The van der Waals surface area contributed by atoms with Crippen LogP contribution >= 0.6 is 23.8 Å². The molecule has 1 saturated heterocycles. The Morgan fingerprint density at radius 3 is 2.39 bits per heavy atom. The maximum Gasteiger partial charge on any atom is 0.174 e. The van der Waals surface area contributed by atoms with Gasteiger partial charge in [-0.25, -0.2) is 0 Å². The lowest BCUT2D eigenvalue weighted by Gasteiger charge is -2.28. The Hall–Kier alpha value is -3.15. The molecule has 2 aromatic heterocycles. The van der Waals surface area contributed by atoms with Gasteiger partial charge in [-0.05, 0) is 98.7 Å². The minimum absolute atomic E-state index is 0.0403. The largest absolute Gasteiger partial charge is 0.351 e. The quantitative estimate of drug-likeness (QED) is 0.338. The molecule has 0 saturated carbocycles. The van der Waals surface area contributed by atoms with Gasteiger partial charge in [-0.1, -0.05) is 29.8 Å². The zero-order valence-corrected chi connectivity index (χ0v) is 20.4. The number of anilines is 1. The summed E-state index contributed by atoms with van der Waals surface area (Å²) in [6, 6.07) is 24.6. The van der Waals surface area contributed by atoms with Crippen LogP contribution in [0.2, 0.25) is 5.02 Å². The van der Waals surface area contributed by atoms with Gasteiger partial charge >= 0.3 is 0 Å². The monoisotopic (exact) mass is 472 g/mol. The van der Waals surface area contributed by atoms with E-state index in [1.807, 2.05) is 30.5 Å². The molecular formula is C27H25ClN4S. The van der Waals surface area contributed by atoms with Gasteiger partial charge in [-0.3, -0.25) is 4.98 Å². The average Bonchev–Trinajstić information content (AvgIpc) is 3.30. The predicted octanol–water partition coefficient (Wildman–Crippen LogP) is 6.63. The molecule has 4 aromatic rings. The van der Waals surface area contributed by atoms with Gasteiger partial charge in [0.05, 0.1) is 17.8 Å². The van der Waals surface area contributed by atoms with Crippen molar-refractivity contribution in [2.24, 2.45) is 0 Å². The zero-order valence-electron chi connectivity index (χ0n) is 18.8. The number of hydrogen-bond acceptors (Lipinski definition) is 2. The van der Waals surface area contributed by atoms with Gasteiger partial charge in [-0.15, -0.1) is 0 Å². The van der Waals surface area contributed by atoms with Crippen LogP contribution in [0.15, 0.2) is 79.0 Å². The standard InChI is InChI=1S/C27H25ClN4S/c1-17-7-6-8-22(15-17)32-26(25(30-27(32)33)24-9-4-5-14-29-24)23-16-18(2)31(19(23)3)21-12-10-20(28)11-13-21/h4-16,25-26H,1-3H3,(H,30,33)/t25-,26-/m0/s1. The normalized spacial score (nSPS) is 17.9. The van der Waals surface area contributed by atoms with Crippen LogP contribution in [0.25, 0.3) is 5.69 Å². The Morgan fingerprint density at radius 1 is 0.909 bits per heavy atom.